The summed E-state index contributed by atoms with van der Waals surface area (Å²) in [6.45, 7) is 1.91. The van der Waals surface area contributed by atoms with Crippen molar-refractivity contribution in [3.05, 3.63) is 35.9 Å². The Balaban J connectivity index is 1.80. The molecule has 0 aliphatic carbocycles. The van der Waals surface area contributed by atoms with Crippen molar-refractivity contribution in [3.63, 3.8) is 0 Å². The first-order valence-electron chi connectivity index (χ1n) is 7.14. The van der Waals surface area contributed by atoms with Gasteiger partial charge in [-0.25, -0.2) is 4.98 Å². The number of nitrogens with one attached hydrogen (secondary N) is 2. The molecule has 3 rings (SSSR count). The number of anilines is 1. The summed E-state index contributed by atoms with van der Waals surface area (Å²) in [6.07, 6.45) is 3.71. The van der Waals surface area contributed by atoms with Crippen LogP contribution in [0.4, 0.5) is 5.82 Å². The van der Waals surface area contributed by atoms with Gasteiger partial charge >= 0.3 is 0 Å². The molecule has 2 aromatic rings. The summed E-state index contributed by atoms with van der Waals surface area (Å²) in [5.41, 5.74) is 1.53. The van der Waals surface area contributed by atoms with Crippen LogP contribution in [0, 0.1) is 11.3 Å². The highest BCUT2D eigenvalue weighted by Crippen LogP contribution is 2.20. The van der Waals surface area contributed by atoms with Gasteiger partial charge in [-0.05, 0) is 31.5 Å². The van der Waals surface area contributed by atoms with E-state index in [0.29, 0.717) is 17.4 Å². The number of rotatable bonds is 3. The fourth-order valence-electron chi connectivity index (χ4n) is 2.65. The van der Waals surface area contributed by atoms with Gasteiger partial charge in [-0.3, -0.25) is 0 Å². The van der Waals surface area contributed by atoms with Gasteiger partial charge in [0.25, 0.3) is 0 Å². The molecule has 4 heteroatoms. The third-order valence-electron chi connectivity index (χ3n) is 3.77. The molecule has 0 bridgehead atoms. The lowest BCUT2D eigenvalue weighted by Gasteiger charge is -2.24. The normalized spacial score (nSPS) is 18.6. The van der Waals surface area contributed by atoms with Gasteiger partial charge in [0.05, 0.1) is 11.1 Å². The zero-order valence-electron chi connectivity index (χ0n) is 11.4. The van der Waals surface area contributed by atoms with Crippen LogP contribution < -0.4 is 10.6 Å². The van der Waals surface area contributed by atoms with E-state index in [1.165, 1.54) is 19.3 Å². The predicted octanol–water partition coefficient (Wildman–Crippen LogP) is 2.66. The molecule has 2 N–H and O–H groups in total. The second kappa shape index (κ2) is 5.89. The van der Waals surface area contributed by atoms with Crippen LogP contribution in [0.2, 0.25) is 0 Å². The van der Waals surface area contributed by atoms with Crippen LogP contribution in [0.25, 0.3) is 10.9 Å². The van der Waals surface area contributed by atoms with Gasteiger partial charge in [-0.2, -0.15) is 5.26 Å². The van der Waals surface area contributed by atoms with E-state index in [0.717, 1.165) is 24.0 Å². The molecule has 1 saturated heterocycles. The van der Waals surface area contributed by atoms with Crippen molar-refractivity contribution in [1.82, 2.24) is 10.3 Å². The molecule has 0 amide bonds. The Labute approximate surface area is 118 Å². The number of hydrogen-bond acceptors (Lipinski definition) is 4. The maximum Gasteiger partial charge on any atom is 0.144 e. The Bertz CT molecular complexity index is 638. The quantitative estimate of drug-likeness (QED) is 0.896. The number of hydrogen-bond donors (Lipinski definition) is 2. The summed E-state index contributed by atoms with van der Waals surface area (Å²) in [4.78, 5) is 4.57. The third-order valence-corrected chi connectivity index (χ3v) is 3.77. The van der Waals surface area contributed by atoms with Crippen molar-refractivity contribution in [2.45, 2.75) is 25.3 Å². The summed E-state index contributed by atoms with van der Waals surface area (Å²) in [6, 6.07) is 12.5. The highest BCUT2D eigenvalue weighted by molar-refractivity contribution is 5.82. The number of nitrogens with zero attached hydrogens (tertiary/aromatic N) is 2. The van der Waals surface area contributed by atoms with Crippen molar-refractivity contribution in [2.75, 3.05) is 18.4 Å². The van der Waals surface area contributed by atoms with Gasteiger partial charge in [0.2, 0.25) is 0 Å². The van der Waals surface area contributed by atoms with Crippen molar-refractivity contribution >= 4 is 16.7 Å². The molecular formula is C16H18N4. The maximum absolute atomic E-state index is 9.27. The topological polar surface area (TPSA) is 60.7 Å². The molecule has 1 aliphatic heterocycles. The van der Waals surface area contributed by atoms with Gasteiger partial charge in [-0.15, -0.1) is 0 Å². The number of nitriles is 1. The van der Waals surface area contributed by atoms with Crippen molar-refractivity contribution in [3.8, 4) is 6.07 Å². The van der Waals surface area contributed by atoms with Crippen LogP contribution in [0.15, 0.2) is 30.3 Å². The third kappa shape index (κ3) is 2.73. The lowest BCUT2D eigenvalue weighted by molar-refractivity contribution is 0.414. The summed E-state index contributed by atoms with van der Waals surface area (Å²) < 4.78 is 0. The van der Waals surface area contributed by atoms with Gasteiger partial charge in [0.15, 0.2) is 0 Å². The highest BCUT2D eigenvalue weighted by atomic mass is 15.0. The smallest absolute Gasteiger partial charge is 0.144 e. The first-order chi connectivity index (χ1) is 9.86. The van der Waals surface area contributed by atoms with Gasteiger partial charge < -0.3 is 10.6 Å². The highest BCUT2D eigenvalue weighted by Gasteiger charge is 2.13. The van der Waals surface area contributed by atoms with Crippen LogP contribution in [0.5, 0.6) is 0 Å². The fourth-order valence-corrected chi connectivity index (χ4v) is 2.65. The van der Waals surface area contributed by atoms with Crippen LogP contribution in [0.1, 0.15) is 24.8 Å². The SMILES string of the molecule is N#Cc1cc2ccccc2nc1NCC1CCCCN1. The molecule has 2 heterocycles. The van der Waals surface area contributed by atoms with Crippen molar-refractivity contribution < 1.29 is 0 Å². The van der Waals surface area contributed by atoms with E-state index in [-0.39, 0.29) is 0 Å². The molecule has 102 valence electrons. The van der Waals surface area contributed by atoms with E-state index < -0.39 is 0 Å². The van der Waals surface area contributed by atoms with Crippen LogP contribution in [0.3, 0.4) is 0 Å². The maximum atomic E-state index is 9.27. The first-order valence-corrected chi connectivity index (χ1v) is 7.14. The molecule has 1 atom stereocenters. The molecule has 0 spiro atoms. The van der Waals surface area contributed by atoms with E-state index in [1.54, 1.807) is 0 Å². The Morgan fingerprint density at radius 3 is 3.05 bits per heavy atom. The summed E-state index contributed by atoms with van der Waals surface area (Å²) in [5.74, 6) is 0.693. The number of piperidine rings is 1. The average molecular weight is 266 g/mol. The molecule has 1 unspecified atom stereocenters. The molecule has 1 fully saturated rings. The largest absolute Gasteiger partial charge is 0.367 e. The summed E-state index contributed by atoms with van der Waals surface area (Å²) in [7, 11) is 0. The first kappa shape index (κ1) is 12.9. The van der Waals surface area contributed by atoms with Gasteiger partial charge in [-0.1, -0.05) is 24.6 Å². The Morgan fingerprint density at radius 1 is 1.35 bits per heavy atom. The summed E-state index contributed by atoms with van der Waals surface area (Å²) >= 11 is 0. The molecule has 1 aliphatic rings. The lowest BCUT2D eigenvalue weighted by Crippen LogP contribution is -2.39. The minimum atomic E-state index is 0.476. The standard InChI is InChI=1S/C16H18N4/c17-10-13-9-12-5-1-2-7-15(12)20-16(13)19-11-14-6-3-4-8-18-14/h1-2,5,7,9,14,18H,3-4,6,8,11H2,(H,19,20). The monoisotopic (exact) mass is 266 g/mol. The number of benzene rings is 1. The summed E-state index contributed by atoms with van der Waals surface area (Å²) in [5, 5.41) is 17.1. The average Bonchev–Trinajstić information content (AvgIpc) is 2.53. The van der Waals surface area contributed by atoms with Gasteiger partial charge in [0, 0.05) is 18.0 Å². The predicted molar refractivity (Wildman–Crippen MR) is 80.6 cm³/mol. The van der Waals surface area contributed by atoms with Crippen LogP contribution >= 0.6 is 0 Å². The van der Waals surface area contributed by atoms with Crippen molar-refractivity contribution in [2.24, 2.45) is 0 Å². The van der Waals surface area contributed by atoms with Gasteiger partial charge in [0.1, 0.15) is 11.9 Å². The van der Waals surface area contributed by atoms with Crippen LogP contribution in [-0.2, 0) is 0 Å². The second-order valence-electron chi connectivity index (χ2n) is 5.22. The molecular weight excluding hydrogens is 248 g/mol. The van der Waals surface area contributed by atoms with Crippen molar-refractivity contribution in [1.29, 1.82) is 5.26 Å². The zero-order chi connectivity index (χ0) is 13.8. The van der Waals surface area contributed by atoms with E-state index in [2.05, 4.69) is 21.7 Å². The number of fused-ring (bicyclic) bond motifs is 1. The number of aromatic nitrogens is 1. The Hall–Kier alpha value is -2.12. The van der Waals surface area contributed by atoms with E-state index in [4.69, 9.17) is 0 Å². The van der Waals surface area contributed by atoms with E-state index >= 15 is 0 Å². The molecule has 1 aromatic carbocycles. The molecule has 0 saturated carbocycles. The molecule has 0 radical (unpaired) electrons. The second-order valence-corrected chi connectivity index (χ2v) is 5.22. The molecule has 1 aromatic heterocycles. The molecule has 4 nitrogen and oxygen atoms in total. The minimum absolute atomic E-state index is 0.476. The van der Waals surface area contributed by atoms with E-state index in [1.807, 2.05) is 30.3 Å². The van der Waals surface area contributed by atoms with Crippen LogP contribution in [-0.4, -0.2) is 24.1 Å². The Morgan fingerprint density at radius 2 is 2.25 bits per heavy atom. The number of pyridine rings is 1. The zero-order valence-corrected chi connectivity index (χ0v) is 11.4. The Kier molecular flexibility index (Phi) is 3.80. The van der Waals surface area contributed by atoms with E-state index in [9.17, 15) is 5.26 Å². The lowest BCUT2D eigenvalue weighted by atomic mass is 10.1. The fraction of sp³-hybridized carbons (Fsp3) is 0.375. The molecule has 20 heavy (non-hydrogen) atoms. The number of para-hydroxylation sites is 1. The minimum Gasteiger partial charge on any atom is -0.367 e.